The maximum atomic E-state index is 4.45. The predicted molar refractivity (Wildman–Crippen MR) is 191 cm³/mol. The highest BCUT2D eigenvalue weighted by Crippen LogP contribution is 2.24. The van der Waals surface area contributed by atoms with Gasteiger partial charge in [-0.1, -0.05) is 173 Å². The molecule has 0 saturated heterocycles. The second-order valence-electron chi connectivity index (χ2n) is 12.8. The molecule has 0 bridgehead atoms. The molecular weight excluding hydrogens is 522 g/mol. The smallest absolute Gasteiger partial charge is 0.0858 e. The van der Waals surface area contributed by atoms with Crippen LogP contribution < -0.4 is 4.90 Å². The second-order valence-corrected chi connectivity index (χ2v) is 12.8. The van der Waals surface area contributed by atoms with Gasteiger partial charge in [-0.3, -0.25) is 0 Å². The van der Waals surface area contributed by atoms with Crippen LogP contribution in [-0.4, -0.2) is 13.1 Å². The molecule has 0 unspecified atom stereocenters. The van der Waals surface area contributed by atoms with E-state index in [9.17, 15) is 0 Å². The van der Waals surface area contributed by atoms with E-state index in [1.54, 1.807) is 0 Å². The van der Waals surface area contributed by atoms with Gasteiger partial charge in [0.05, 0.1) is 11.4 Å². The van der Waals surface area contributed by atoms with Gasteiger partial charge < -0.3 is 4.90 Å². The zero-order valence-corrected chi connectivity index (χ0v) is 28.4. The van der Waals surface area contributed by atoms with Gasteiger partial charge >= 0.3 is 0 Å². The van der Waals surface area contributed by atoms with E-state index in [1.165, 1.54) is 173 Å². The van der Waals surface area contributed by atoms with E-state index >= 15 is 0 Å². The summed E-state index contributed by atoms with van der Waals surface area (Å²) in [6.45, 7) is 6.94. The number of nitrogens with zero attached hydrogens (tertiary/aromatic N) is 3. The maximum absolute atomic E-state index is 4.45. The van der Waals surface area contributed by atoms with Crippen molar-refractivity contribution in [3.05, 3.63) is 54.6 Å². The van der Waals surface area contributed by atoms with Crippen LogP contribution in [0.15, 0.2) is 64.8 Å². The fourth-order valence-corrected chi connectivity index (χ4v) is 6.00. The number of anilines is 1. The third kappa shape index (κ3) is 20.4. The molecule has 0 aliphatic heterocycles. The second kappa shape index (κ2) is 27.4. The van der Waals surface area contributed by atoms with Gasteiger partial charge in [0.25, 0.3) is 0 Å². The van der Waals surface area contributed by atoms with Crippen LogP contribution in [0.2, 0.25) is 0 Å². The molecule has 43 heavy (non-hydrogen) atoms. The highest BCUT2D eigenvalue weighted by molar-refractivity contribution is 5.53. The van der Waals surface area contributed by atoms with Gasteiger partial charge in [-0.05, 0) is 49.2 Å². The summed E-state index contributed by atoms with van der Waals surface area (Å²) >= 11 is 0. The van der Waals surface area contributed by atoms with Crippen molar-refractivity contribution in [1.82, 2.24) is 0 Å². The number of unbranched alkanes of at least 4 members (excludes halogenated alkanes) is 22. The number of rotatable bonds is 29. The Hall–Kier alpha value is -2.16. The van der Waals surface area contributed by atoms with E-state index < -0.39 is 0 Å². The molecule has 3 heteroatoms. The van der Waals surface area contributed by atoms with Crippen molar-refractivity contribution in [3.8, 4) is 0 Å². The molecule has 0 heterocycles. The van der Waals surface area contributed by atoms with E-state index in [1.807, 2.05) is 30.3 Å². The average Bonchev–Trinajstić information content (AvgIpc) is 3.04. The van der Waals surface area contributed by atoms with Gasteiger partial charge in [-0.15, -0.1) is 0 Å². The minimum Gasteiger partial charge on any atom is -0.372 e. The van der Waals surface area contributed by atoms with Crippen molar-refractivity contribution >= 4 is 17.1 Å². The number of azo groups is 1. The number of benzene rings is 2. The SMILES string of the molecule is CCCCCCCCCCCCCCN(CCCCCCCCCCCCCC)c1ccc(/N=N/c2ccccc2)cc1. The molecular formula is C40H67N3. The molecule has 0 aromatic heterocycles. The number of hydrogen-bond donors (Lipinski definition) is 0. The lowest BCUT2D eigenvalue weighted by atomic mass is 10.0. The topological polar surface area (TPSA) is 28.0 Å². The Balaban J connectivity index is 1.68. The molecule has 2 aromatic carbocycles. The summed E-state index contributed by atoms with van der Waals surface area (Å²) in [6.07, 6.45) is 33.7. The Morgan fingerprint density at radius 1 is 0.372 bits per heavy atom. The fourth-order valence-electron chi connectivity index (χ4n) is 6.00. The zero-order chi connectivity index (χ0) is 30.5. The fraction of sp³-hybridized carbons (Fsp3) is 0.700. The largest absolute Gasteiger partial charge is 0.372 e. The van der Waals surface area contributed by atoms with Crippen LogP contribution in [0.3, 0.4) is 0 Å². The predicted octanol–water partition coefficient (Wildman–Crippen LogP) is 14.3. The Labute approximate surface area is 267 Å². The van der Waals surface area contributed by atoms with Crippen molar-refractivity contribution in [2.24, 2.45) is 10.2 Å². The van der Waals surface area contributed by atoms with Crippen LogP contribution in [0.25, 0.3) is 0 Å². The Morgan fingerprint density at radius 3 is 1.07 bits per heavy atom. The van der Waals surface area contributed by atoms with Crippen LogP contribution in [0.5, 0.6) is 0 Å². The minimum atomic E-state index is 0.896. The van der Waals surface area contributed by atoms with Gasteiger partial charge in [0.2, 0.25) is 0 Å². The van der Waals surface area contributed by atoms with Crippen molar-refractivity contribution in [2.45, 2.75) is 168 Å². The summed E-state index contributed by atoms with van der Waals surface area (Å²) in [7, 11) is 0. The molecule has 2 aromatic rings. The molecule has 0 aliphatic carbocycles. The highest BCUT2D eigenvalue weighted by atomic mass is 15.1. The molecule has 2 rings (SSSR count). The molecule has 0 amide bonds. The minimum absolute atomic E-state index is 0.896. The Kier molecular flexibility index (Phi) is 23.6. The third-order valence-electron chi connectivity index (χ3n) is 8.82. The first-order valence-electron chi connectivity index (χ1n) is 18.6. The summed E-state index contributed by atoms with van der Waals surface area (Å²) in [5.74, 6) is 0. The van der Waals surface area contributed by atoms with Gasteiger partial charge in [-0.2, -0.15) is 10.2 Å². The average molecular weight is 590 g/mol. The lowest BCUT2D eigenvalue weighted by Crippen LogP contribution is -2.25. The van der Waals surface area contributed by atoms with Crippen LogP contribution >= 0.6 is 0 Å². The van der Waals surface area contributed by atoms with E-state index in [0.29, 0.717) is 0 Å². The zero-order valence-electron chi connectivity index (χ0n) is 28.4. The van der Waals surface area contributed by atoms with Crippen molar-refractivity contribution in [2.75, 3.05) is 18.0 Å². The van der Waals surface area contributed by atoms with E-state index in [4.69, 9.17) is 0 Å². The van der Waals surface area contributed by atoms with Crippen molar-refractivity contribution in [3.63, 3.8) is 0 Å². The Bertz CT molecular complexity index is 848. The van der Waals surface area contributed by atoms with Crippen LogP contribution in [0, 0.1) is 0 Å². The van der Waals surface area contributed by atoms with Gasteiger partial charge in [0.1, 0.15) is 0 Å². The van der Waals surface area contributed by atoms with E-state index in [0.717, 1.165) is 11.4 Å². The normalized spacial score (nSPS) is 11.5. The third-order valence-corrected chi connectivity index (χ3v) is 8.82. The van der Waals surface area contributed by atoms with Gasteiger partial charge in [0, 0.05) is 18.8 Å². The Morgan fingerprint density at radius 2 is 0.698 bits per heavy atom. The van der Waals surface area contributed by atoms with Crippen molar-refractivity contribution in [1.29, 1.82) is 0 Å². The first-order chi connectivity index (χ1) is 21.3. The van der Waals surface area contributed by atoms with Crippen LogP contribution in [0.4, 0.5) is 17.1 Å². The maximum Gasteiger partial charge on any atom is 0.0858 e. The highest BCUT2D eigenvalue weighted by Gasteiger charge is 2.07. The lowest BCUT2D eigenvalue weighted by Gasteiger charge is -2.25. The molecule has 0 spiro atoms. The lowest BCUT2D eigenvalue weighted by molar-refractivity contribution is 0.535. The standard InChI is InChI=1S/C40H67N3/c1-3-5-7-9-11-13-15-17-19-21-23-28-36-43(37-29-24-22-20-18-16-14-12-10-8-6-4-2)40-34-32-39(33-35-40)42-41-38-30-26-25-27-31-38/h25-27,30-35H,3-24,28-29,36-37H2,1-2H3/b42-41+. The first kappa shape index (κ1) is 37.0. The van der Waals surface area contributed by atoms with Gasteiger partial charge in [-0.25, -0.2) is 0 Å². The molecule has 0 saturated carbocycles. The van der Waals surface area contributed by atoms with E-state index in [-0.39, 0.29) is 0 Å². The number of hydrogen-bond acceptors (Lipinski definition) is 3. The first-order valence-corrected chi connectivity index (χ1v) is 18.6. The molecule has 3 nitrogen and oxygen atoms in total. The summed E-state index contributed by atoms with van der Waals surface area (Å²) in [6, 6.07) is 18.7. The van der Waals surface area contributed by atoms with Crippen molar-refractivity contribution < 1.29 is 0 Å². The molecule has 0 radical (unpaired) electrons. The van der Waals surface area contributed by atoms with Crippen LogP contribution in [0.1, 0.15) is 168 Å². The molecule has 0 fully saturated rings. The molecule has 242 valence electrons. The summed E-state index contributed by atoms with van der Waals surface area (Å²) in [4.78, 5) is 2.63. The van der Waals surface area contributed by atoms with E-state index in [2.05, 4.69) is 53.2 Å². The van der Waals surface area contributed by atoms with Crippen LogP contribution in [-0.2, 0) is 0 Å². The molecule has 0 aliphatic rings. The molecule has 0 atom stereocenters. The summed E-state index contributed by atoms with van der Waals surface area (Å²) < 4.78 is 0. The molecule has 0 N–H and O–H groups in total. The monoisotopic (exact) mass is 590 g/mol. The van der Waals surface area contributed by atoms with Gasteiger partial charge in [0.15, 0.2) is 0 Å². The summed E-state index contributed by atoms with van der Waals surface area (Å²) in [5.41, 5.74) is 3.15. The summed E-state index contributed by atoms with van der Waals surface area (Å²) in [5, 5.41) is 8.84. The quantitative estimate of drug-likeness (QED) is 0.0685.